The van der Waals surface area contributed by atoms with E-state index in [0.29, 0.717) is 19.3 Å². The van der Waals surface area contributed by atoms with Gasteiger partial charge in [0.1, 0.15) is 6.04 Å². The van der Waals surface area contributed by atoms with Crippen LogP contribution in [-0.4, -0.2) is 34.1 Å². The lowest BCUT2D eigenvalue weighted by Crippen LogP contribution is -2.47. The highest BCUT2D eigenvalue weighted by Gasteiger charge is 2.39. The van der Waals surface area contributed by atoms with E-state index >= 15 is 0 Å². The van der Waals surface area contributed by atoms with Gasteiger partial charge in [-0.3, -0.25) is 9.59 Å². The molecule has 3 N–H and O–H groups in total. The number of nitrogens with one attached hydrogen (secondary N) is 1. The second-order valence-corrected chi connectivity index (χ2v) is 5.05. The third kappa shape index (κ3) is 3.21. The Hall–Kier alpha value is -1.59. The lowest BCUT2D eigenvalue weighted by Gasteiger charge is -2.22. The Morgan fingerprint density at radius 1 is 1.11 bits per heavy atom. The maximum absolute atomic E-state index is 11.9. The molecule has 1 rings (SSSR count). The summed E-state index contributed by atoms with van der Waals surface area (Å²) in [5.41, 5.74) is 0. The highest BCUT2D eigenvalue weighted by Crippen LogP contribution is 2.32. The molecule has 1 aliphatic carbocycles. The van der Waals surface area contributed by atoms with Crippen LogP contribution in [0, 0.1) is 17.8 Å². The second-order valence-electron chi connectivity index (χ2n) is 5.05. The molecule has 102 valence electrons. The van der Waals surface area contributed by atoms with Gasteiger partial charge in [-0.2, -0.15) is 0 Å². The molecule has 0 aliphatic heterocycles. The fourth-order valence-electron chi connectivity index (χ4n) is 2.34. The molecule has 0 aromatic rings. The molecular weight excluding hydrogens is 238 g/mol. The minimum atomic E-state index is -1.09. The maximum atomic E-state index is 11.9. The van der Waals surface area contributed by atoms with Gasteiger partial charge in [0.2, 0.25) is 5.91 Å². The van der Waals surface area contributed by atoms with Crippen molar-refractivity contribution in [3.05, 3.63) is 0 Å². The van der Waals surface area contributed by atoms with Crippen LogP contribution in [0.4, 0.5) is 0 Å². The molecule has 6 heteroatoms. The zero-order valence-corrected chi connectivity index (χ0v) is 10.5. The number of carboxylic acid groups (broad SMARTS) is 2. The molecule has 0 saturated heterocycles. The summed E-state index contributed by atoms with van der Waals surface area (Å²) in [7, 11) is 0. The van der Waals surface area contributed by atoms with Gasteiger partial charge < -0.3 is 15.5 Å². The van der Waals surface area contributed by atoms with Crippen molar-refractivity contribution in [1.29, 1.82) is 0 Å². The van der Waals surface area contributed by atoms with E-state index in [1.54, 1.807) is 13.8 Å². The Morgan fingerprint density at radius 3 is 2.11 bits per heavy atom. The average molecular weight is 257 g/mol. The van der Waals surface area contributed by atoms with Gasteiger partial charge in [0.25, 0.3) is 0 Å². The van der Waals surface area contributed by atoms with Crippen LogP contribution in [0.2, 0.25) is 0 Å². The van der Waals surface area contributed by atoms with Gasteiger partial charge in [-0.05, 0) is 18.8 Å². The lowest BCUT2D eigenvalue weighted by molar-refractivity contribution is -0.147. The van der Waals surface area contributed by atoms with E-state index < -0.39 is 35.7 Å². The first-order valence-electron chi connectivity index (χ1n) is 6.10. The van der Waals surface area contributed by atoms with E-state index in [-0.39, 0.29) is 5.92 Å². The highest BCUT2D eigenvalue weighted by atomic mass is 16.4. The summed E-state index contributed by atoms with van der Waals surface area (Å²) in [6.07, 6.45) is 1.68. The van der Waals surface area contributed by atoms with E-state index in [4.69, 9.17) is 10.2 Å². The van der Waals surface area contributed by atoms with Crippen molar-refractivity contribution >= 4 is 17.8 Å². The first kappa shape index (κ1) is 14.5. The number of hydrogen-bond donors (Lipinski definition) is 3. The molecule has 0 radical (unpaired) electrons. The molecule has 0 aromatic carbocycles. The average Bonchev–Trinajstić information content (AvgIpc) is 2.73. The Labute approximate surface area is 105 Å². The number of aliphatic carboxylic acids is 2. The van der Waals surface area contributed by atoms with Crippen LogP contribution in [0.3, 0.4) is 0 Å². The largest absolute Gasteiger partial charge is 0.481 e. The molecular formula is C12H19NO5. The summed E-state index contributed by atoms with van der Waals surface area (Å²) in [4.78, 5) is 33.9. The molecule has 18 heavy (non-hydrogen) atoms. The van der Waals surface area contributed by atoms with Crippen molar-refractivity contribution in [3.63, 3.8) is 0 Å². The summed E-state index contributed by atoms with van der Waals surface area (Å²) < 4.78 is 0. The zero-order chi connectivity index (χ0) is 13.9. The van der Waals surface area contributed by atoms with Crippen LogP contribution >= 0.6 is 0 Å². The van der Waals surface area contributed by atoms with E-state index in [1.165, 1.54) is 0 Å². The molecule has 6 nitrogen and oxygen atoms in total. The summed E-state index contributed by atoms with van der Waals surface area (Å²) in [6.45, 7) is 3.39. The van der Waals surface area contributed by atoms with Crippen LogP contribution in [0.15, 0.2) is 0 Å². The molecule has 1 fully saturated rings. The number of carbonyl (C=O) groups is 3. The van der Waals surface area contributed by atoms with Crippen molar-refractivity contribution in [1.82, 2.24) is 5.32 Å². The fourth-order valence-corrected chi connectivity index (χ4v) is 2.34. The molecule has 1 aliphatic rings. The van der Waals surface area contributed by atoms with Crippen molar-refractivity contribution in [2.75, 3.05) is 0 Å². The van der Waals surface area contributed by atoms with Crippen LogP contribution in [0.25, 0.3) is 0 Å². The van der Waals surface area contributed by atoms with Crippen LogP contribution < -0.4 is 5.32 Å². The SMILES string of the molecule is CC(C)C(NC(=O)[C@@H]1CCC[C@@H]1C(=O)O)C(=O)O. The molecule has 1 amide bonds. The first-order valence-corrected chi connectivity index (χ1v) is 6.10. The van der Waals surface area contributed by atoms with Crippen LogP contribution in [-0.2, 0) is 14.4 Å². The Balaban J connectivity index is 2.69. The first-order chi connectivity index (χ1) is 8.34. The standard InChI is InChI=1S/C12H19NO5/c1-6(2)9(12(17)18)13-10(14)7-4-3-5-8(7)11(15)16/h6-9H,3-5H2,1-2H3,(H,13,14)(H,15,16)(H,17,18)/t7-,8+,9?/m1/s1. The van der Waals surface area contributed by atoms with E-state index in [1.807, 2.05) is 0 Å². The normalized spacial score (nSPS) is 24.8. The van der Waals surface area contributed by atoms with Crippen LogP contribution in [0.1, 0.15) is 33.1 Å². The quantitative estimate of drug-likeness (QED) is 0.673. The molecule has 0 bridgehead atoms. The molecule has 1 saturated carbocycles. The predicted molar refractivity (Wildman–Crippen MR) is 62.9 cm³/mol. The van der Waals surface area contributed by atoms with Gasteiger partial charge in [-0.15, -0.1) is 0 Å². The molecule has 0 aromatic heterocycles. The fraction of sp³-hybridized carbons (Fsp3) is 0.750. The van der Waals surface area contributed by atoms with Crippen LogP contribution in [0.5, 0.6) is 0 Å². The number of rotatable bonds is 5. The van der Waals surface area contributed by atoms with E-state index in [2.05, 4.69) is 5.32 Å². The van der Waals surface area contributed by atoms with Gasteiger partial charge in [-0.1, -0.05) is 20.3 Å². The zero-order valence-electron chi connectivity index (χ0n) is 10.5. The van der Waals surface area contributed by atoms with Crippen molar-refractivity contribution in [2.24, 2.45) is 17.8 Å². The van der Waals surface area contributed by atoms with Crippen molar-refractivity contribution < 1.29 is 24.6 Å². The second kappa shape index (κ2) is 5.84. The minimum Gasteiger partial charge on any atom is -0.481 e. The number of amides is 1. The Bertz CT molecular complexity index is 352. The third-order valence-corrected chi connectivity index (χ3v) is 3.40. The number of carbonyl (C=O) groups excluding carboxylic acids is 1. The van der Waals surface area contributed by atoms with Gasteiger partial charge in [0, 0.05) is 0 Å². The van der Waals surface area contributed by atoms with Gasteiger partial charge in [0.15, 0.2) is 0 Å². The van der Waals surface area contributed by atoms with E-state index in [0.717, 1.165) is 0 Å². The lowest BCUT2D eigenvalue weighted by atomic mass is 9.94. The predicted octanol–water partition coefficient (Wildman–Crippen LogP) is 0.713. The molecule has 0 heterocycles. The molecule has 1 unspecified atom stereocenters. The topological polar surface area (TPSA) is 104 Å². The highest BCUT2D eigenvalue weighted by molar-refractivity contribution is 5.88. The number of hydrogen-bond acceptors (Lipinski definition) is 3. The maximum Gasteiger partial charge on any atom is 0.326 e. The van der Waals surface area contributed by atoms with Crippen molar-refractivity contribution in [3.8, 4) is 0 Å². The number of carboxylic acids is 2. The van der Waals surface area contributed by atoms with Gasteiger partial charge in [0.05, 0.1) is 11.8 Å². The molecule has 3 atom stereocenters. The van der Waals surface area contributed by atoms with Gasteiger partial charge >= 0.3 is 11.9 Å². The molecule has 0 spiro atoms. The minimum absolute atomic E-state index is 0.240. The summed E-state index contributed by atoms with van der Waals surface area (Å²) in [6, 6.07) is -0.965. The third-order valence-electron chi connectivity index (χ3n) is 3.40. The van der Waals surface area contributed by atoms with Crippen molar-refractivity contribution in [2.45, 2.75) is 39.2 Å². The Morgan fingerprint density at radius 2 is 1.67 bits per heavy atom. The monoisotopic (exact) mass is 257 g/mol. The summed E-state index contributed by atoms with van der Waals surface area (Å²) in [5.74, 6) is -4.07. The summed E-state index contributed by atoms with van der Waals surface area (Å²) in [5, 5.41) is 20.4. The van der Waals surface area contributed by atoms with Gasteiger partial charge in [-0.25, -0.2) is 4.79 Å². The van der Waals surface area contributed by atoms with E-state index in [9.17, 15) is 14.4 Å². The summed E-state index contributed by atoms with van der Waals surface area (Å²) >= 11 is 0. The smallest absolute Gasteiger partial charge is 0.326 e. The Kier molecular flexibility index (Phi) is 4.69.